The highest BCUT2D eigenvalue weighted by Crippen LogP contribution is 2.39. The van der Waals surface area contributed by atoms with Crippen molar-refractivity contribution in [1.29, 1.82) is 0 Å². The highest BCUT2D eigenvalue weighted by Gasteiger charge is 2.22. The van der Waals surface area contributed by atoms with Crippen LogP contribution in [0.25, 0.3) is 0 Å². The van der Waals surface area contributed by atoms with Crippen LogP contribution < -0.4 is 5.32 Å². The molecule has 2 unspecified atom stereocenters. The van der Waals surface area contributed by atoms with Crippen LogP contribution in [0.4, 0.5) is 0 Å². The Hall–Kier alpha value is -0.820. The Morgan fingerprint density at radius 3 is 2.35 bits per heavy atom. The zero-order valence-corrected chi connectivity index (χ0v) is 11.4. The molecule has 0 aromatic heterocycles. The molecule has 1 N–H and O–H groups in total. The van der Waals surface area contributed by atoms with Crippen LogP contribution in [-0.4, -0.2) is 6.04 Å². The van der Waals surface area contributed by atoms with Gasteiger partial charge in [-0.25, -0.2) is 0 Å². The van der Waals surface area contributed by atoms with Gasteiger partial charge < -0.3 is 5.32 Å². The fourth-order valence-corrected chi connectivity index (χ4v) is 2.16. The largest absolute Gasteiger partial charge is 0.310 e. The normalized spacial score (nSPS) is 19.0. The first-order chi connectivity index (χ1) is 8.20. The van der Waals surface area contributed by atoms with E-state index in [0.29, 0.717) is 6.04 Å². The summed E-state index contributed by atoms with van der Waals surface area (Å²) in [5, 5.41) is 3.61. The van der Waals surface area contributed by atoms with Crippen LogP contribution in [0.5, 0.6) is 0 Å². The number of rotatable bonds is 6. The van der Waals surface area contributed by atoms with Gasteiger partial charge in [0.2, 0.25) is 0 Å². The van der Waals surface area contributed by atoms with Gasteiger partial charge in [-0.15, -0.1) is 0 Å². The van der Waals surface area contributed by atoms with Crippen LogP contribution in [-0.2, 0) is 6.54 Å². The maximum atomic E-state index is 3.61. The molecule has 0 bridgehead atoms. The van der Waals surface area contributed by atoms with Crippen LogP contribution >= 0.6 is 0 Å². The highest BCUT2D eigenvalue weighted by molar-refractivity contribution is 5.27. The Bertz CT molecular complexity index is 337. The molecular formula is C16H25N. The molecule has 0 spiro atoms. The molecule has 17 heavy (non-hydrogen) atoms. The fraction of sp³-hybridized carbons (Fsp3) is 0.625. The zero-order valence-electron chi connectivity index (χ0n) is 11.4. The average Bonchev–Trinajstić information content (AvgIpc) is 3.20. The second-order valence-electron chi connectivity index (χ2n) is 5.57. The minimum Gasteiger partial charge on any atom is -0.310 e. The van der Waals surface area contributed by atoms with Gasteiger partial charge in [-0.05, 0) is 42.7 Å². The zero-order chi connectivity index (χ0) is 12.3. The number of hydrogen-bond acceptors (Lipinski definition) is 1. The van der Waals surface area contributed by atoms with Crippen molar-refractivity contribution in [2.45, 2.75) is 58.5 Å². The smallest absolute Gasteiger partial charge is 0.0208 e. The van der Waals surface area contributed by atoms with Crippen LogP contribution in [0, 0.1) is 5.92 Å². The van der Waals surface area contributed by atoms with Crippen molar-refractivity contribution in [1.82, 2.24) is 5.32 Å². The summed E-state index contributed by atoms with van der Waals surface area (Å²) >= 11 is 0. The fourth-order valence-electron chi connectivity index (χ4n) is 2.16. The summed E-state index contributed by atoms with van der Waals surface area (Å²) in [4.78, 5) is 0. The van der Waals surface area contributed by atoms with Gasteiger partial charge in [0, 0.05) is 12.6 Å². The number of benzene rings is 1. The molecule has 1 aliphatic carbocycles. The van der Waals surface area contributed by atoms with E-state index in [1.807, 2.05) is 0 Å². The number of nitrogens with one attached hydrogen (secondary N) is 1. The third kappa shape index (κ3) is 3.57. The summed E-state index contributed by atoms with van der Waals surface area (Å²) < 4.78 is 0. The Balaban J connectivity index is 1.82. The van der Waals surface area contributed by atoms with Crippen molar-refractivity contribution in [3.63, 3.8) is 0 Å². The summed E-state index contributed by atoms with van der Waals surface area (Å²) in [5.74, 6) is 1.62. The van der Waals surface area contributed by atoms with Gasteiger partial charge in [-0.2, -0.15) is 0 Å². The molecule has 1 fully saturated rings. The Kier molecular flexibility index (Phi) is 4.22. The summed E-state index contributed by atoms with van der Waals surface area (Å²) in [6.45, 7) is 7.85. The Morgan fingerprint density at radius 1 is 1.18 bits per heavy atom. The van der Waals surface area contributed by atoms with Crippen molar-refractivity contribution in [2.75, 3.05) is 0 Å². The molecule has 1 heteroatoms. The van der Waals surface area contributed by atoms with Crippen molar-refractivity contribution < 1.29 is 0 Å². The first kappa shape index (κ1) is 12.6. The number of hydrogen-bond donors (Lipinski definition) is 1. The highest BCUT2D eigenvalue weighted by atomic mass is 14.9. The van der Waals surface area contributed by atoms with E-state index in [2.05, 4.69) is 50.4 Å². The molecule has 2 rings (SSSR count). The van der Waals surface area contributed by atoms with E-state index in [1.54, 1.807) is 0 Å². The predicted molar refractivity (Wildman–Crippen MR) is 74.2 cm³/mol. The lowest BCUT2D eigenvalue weighted by Gasteiger charge is -2.20. The van der Waals surface area contributed by atoms with Gasteiger partial charge >= 0.3 is 0 Å². The molecule has 0 radical (unpaired) electrons. The second kappa shape index (κ2) is 5.68. The molecule has 1 aliphatic rings. The summed E-state index contributed by atoms with van der Waals surface area (Å²) in [5.41, 5.74) is 2.94. The van der Waals surface area contributed by atoms with Gasteiger partial charge in [0.1, 0.15) is 0 Å². The Morgan fingerprint density at radius 2 is 1.82 bits per heavy atom. The third-order valence-corrected chi connectivity index (χ3v) is 4.15. The van der Waals surface area contributed by atoms with Crippen LogP contribution in [0.2, 0.25) is 0 Å². The SMILES string of the molecule is CCC(C)C(C)NCc1ccc(C2CC2)cc1. The summed E-state index contributed by atoms with van der Waals surface area (Å²) in [7, 11) is 0. The lowest BCUT2D eigenvalue weighted by atomic mass is 10.0. The molecule has 1 aromatic carbocycles. The molecule has 1 saturated carbocycles. The average molecular weight is 231 g/mol. The van der Waals surface area contributed by atoms with Crippen LogP contribution in [0.3, 0.4) is 0 Å². The first-order valence-corrected chi connectivity index (χ1v) is 7.03. The maximum absolute atomic E-state index is 3.61. The van der Waals surface area contributed by atoms with E-state index in [-0.39, 0.29) is 0 Å². The quantitative estimate of drug-likeness (QED) is 0.777. The van der Waals surface area contributed by atoms with Crippen LogP contribution in [0.15, 0.2) is 24.3 Å². The van der Waals surface area contributed by atoms with Gasteiger partial charge in [-0.3, -0.25) is 0 Å². The van der Waals surface area contributed by atoms with Crippen molar-refractivity contribution in [2.24, 2.45) is 5.92 Å². The summed E-state index contributed by atoms with van der Waals surface area (Å²) in [6, 6.07) is 9.78. The van der Waals surface area contributed by atoms with Gasteiger partial charge in [-0.1, -0.05) is 44.5 Å². The molecule has 0 saturated heterocycles. The minimum atomic E-state index is 0.600. The standard InChI is InChI=1S/C16H25N/c1-4-12(2)13(3)17-11-14-5-7-15(8-6-14)16-9-10-16/h5-8,12-13,16-17H,4,9-11H2,1-3H3. The topological polar surface area (TPSA) is 12.0 Å². The third-order valence-electron chi connectivity index (χ3n) is 4.15. The second-order valence-corrected chi connectivity index (χ2v) is 5.57. The van der Waals surface area contributed by atoms with Crippen molar-refractivity contribution in [3.8, 4) is 0 Å². The molecular weight excluding hydrogens is 206 g/mol. The summed E-state index contributed by atoms with van der Waals surface area (Å²) in [6.07, 6.45) is 4.03. The monoisotopic (exact) mass is 231 g/mol. The van der Waals surface area contributed by atoms with Gasteiger partial charge in [0.05, 0.1) is 0 Å². The van der Waals surface area contributed by atoms with Gasteiger partial charge in [0.15, 0.2) is 0 Å². The maximum Gasteiger partial charge on any atom is 0.0208 e. The molecule has 1 nitrogen and oxygen atoms in total. The van der Waals surface area contributed by atoms with Crippen molar-refractivity contribution in [3.05, 3.63) is 35.4 Å². The lowest BCUT2D eigenvalue weighted by molar-refractivity contribution is 0.389. The van der Waals surface area contributed by atoms with E-state index < -0.39 is 0 Å². The van der Waals surface area contributed by atoms with E-state index in [1.165, 1.54) is 30.4 Å². The van der Waals surface area contributed by atoms with E-state index in [0.717, 1.165) is 18.4 Å². The van der Waals surface area contributed by atoms with E-state index in [9.17, 15) is 0 Å². The first-order valence-electron chi connectivity index (χ1n) is 7.03. The molecule has 94 valence electrons. The van der Waals surface area contributed by atoms with Crippen molar-refractivity contribution >= 4 is 0 Å². The molecule has 1 aromatic rings. The molecule has 0 heterocycles. The predicted octanol–water partition coefficient (Wildman–Crippen LogP) is 4.09. The molecule has 2 atom stereocenters. The van der Waals surface area contributed by atoms with Gasteiger partial charge in [0.25, 0.3) is 0 Å². The minimum absolute atomic E-state index is 0.600. The Labute approximate surface area is 106 Å². The molecule has 0 aliphatic heterocycles. The van der Waals surface area contributed by atoms with E-state index in [4.69, 9.17) is 0 Å². The lowest BCUT2D eigenvalue weighted by Crippen LogP contribution is -2.31. The molecule has 0 amide bonds. The van der Waals surface area contributed by atoms with Crippen LogP contribution in [0.1, 0.15) is 57.1 Å². The van der Waals surface area contributed by atoms with E-state index >= 15 is 0 Å².